The molecule has 1 aromatic heterocycles. The lowest BCUT2D eigenvalue weighted by Crippen LogP contribution is -2.39. The Morgan fingerprint density at radius 3 is 2.61 bits per heavy atom. The van der Waals surface area contributed by atoms with Crippen LogP contribution in [-0.4, -0.2) is 51.4 Å². The number of nitro groups is 1. The fraction of sp³-hybridized carbons (Fsp3) is 0.583. The number of hydrogen-bond donors (Lipinski definition) is 0. The number of alkyl halides is 1. The molecule has 0 aliphatic carbocycles. The summed E-state index contributed by atoms with van der Waals surface area (Å²) in [6, 6.07) is 0. The van der Waals surface area contributed by atoms with Crippen molar-refractivity contribution in [2.24, 2.45) is 0 Å². The van der Waals surface area contributed by atoms with E-state index in [0.29, 0.717) is 0 Å². The highest BCUT2D eigenvalue weighted by molar-refractivity contribution is 5.67. The van der Waals surface area contributed by atoms with E-state index in [1.807, 2.05) is 0 Å². The van der Waals surface area contributed by atoms with Crippen molar-refractivity contribution in [3.63, 3.8) is 0 Å². The van der Waals surface area contributed by atoms with Gasteiger partial charge >= 0.3 is 17.9 Å². The molecule has 0 radical (unpaired) electrons. The van der Waals surface area contributed by atoms with Crippen LogP contribution in [0.25, 0.3) is 0 Å². The molecular formula is C12H14FN3O7. The van der Waals surface area contributed by atoms with E-state index in [-0.39, 0.29) is 0 Å². The van der Waals surface area contributed by atoms with E-state index in [0.717, 1.165) is 24.6 Å². The predicted octanol–water partition coefficient (Wildman–Crippen LogP) is 0.522. The Morgan fingerprint density at radius 2 is 2.09 bits per heavy atom. The van der Waals surface area contributed by atoms with Crippen LogP contribution in [0.1, 0.15) is 21.4 Å². The van der Waals surface area contributed by atoms with Gasteiger partial charge in [-0.05, 0) is 4.92 Å². The zero-order valence-corrected chi connectivity index (χ0v) is 12.1. The number of nitrogens with zero attached hydrogens (tertiary/aromatic N) is 3. The molecule has 1 unspecified atom stereocenters. The summed E-state index contributed by atoms with van der Waals surface area (Å²) in [6.07, 6.45) is -3.52. The highest BCUT2D eigenvalue weighted by Gasteiger charge is 2.52. The van der Waals surface area contributed by atoms with Gasteiger partial charge in [-0.15, -0.1) is 0 Å². The molecule has 1 aliphatic heterocycles. The molecule has 0 bridgehead atoms. The highest BCUT2D eigenvalue weighted by atomic mass is 19.1. The van der Waals surface area contributed by atoms with Gasteiger partial charge in [-0.3, -0.25) is 9.59 Å². The molecule has 0 aromatic carbocycles. The Labute approximate surface area is 130 Å². The van der Waals surface area contributed by atoms with E-state index in [1.165, 1.54) is 6.20 Å². The van der Waals surface area contributed by atoms with Crippen LogP contribution in [0, 0.1) is 10.1 Å². The van der Waals surface area contributed by atoms with Crippen LogP contribution >= 0.6 is 0 Å². The summed E-state index contributed by atoms with van der Waals surface area (Å²) in [5.74, 6) is -2.25. The third kappa shape index (κ3) is 3.44. The predicted molar refractivity (Wildman–Crippen MR) is 69.9 cm³/mol. The molecule has 0 spiro atoms. The van der Waals surface area contributed by atoms with Crippen LogP contribution < -0.4 is 0 Å². The summed E-state index contributed by atoms with van der Waals surface area (Å²) >= 11 is 0. The SMILES string of the molecule is [2H]C(F)[C@H]1O[C@H](n2ccnc2[N+](=O)[O-])[C@@H](OC(C)=O)[C@@H]1OC(C)=O. The van der Waals surface area contributed by atoms with E-state index in [1.54, 1.807) is 0 Å². The molecule has 126 valence electrons. The number of aromatic nitrogens is 2. The van der Waals surface area contributed by atoms with E-state index in [9.17, 15) is 24.1 Å². The summed E-state index contributed by atoms with van der Waals surface area (Å²) in [7, 11) is 0. The van der Waals surface area contributed by atoms with E-state index < -0.39 is 54.0 Å². The number of rotatable bonds is 5. The van der Waals surface area contributed by atoms with Crippen LogP contribution in [0.3, 0.4) is 0 Å². The first kappa shape index (κ1) is 15.3. The third-order valence-corrected chi connectivity index (χ3v) is 3.04. The van der Waals surface area contributed by atoms with Crippen molar-refractivity contribution < 1.29 is 34.5 Å². The lowest BCUT2D eigenvalue weighted by molar-refractivity contribution is -0.398. The van der Waals surface area contributed by atoms with Gasteiger partial charge in [0, 0.05) is 13.8 Å². The third-order valence-electron chi connectivity index (χ3n) is 3.04. The van der Waals surface area contributed by atoms with Gasteiger partial charge in [0.15, 0.2) is 12.2 Å². The Kier molecular flexibility index (Phi) is 4.46. The molecule has 0 saturated carbocycles. The second kappa shape index (κ2) is 6.69. The highest BCUT2D eigenvalue weighted by Crippen LogP contribution is 2.36. The molecule has 1 aromatic rings. The van der Waals surface area contributed by atoms with Gasteiger partial charge in [-0.2, -0.15) is 4.57 Å². The van der Waals surface area contributed by atoms with Gasteiger partial charge in [-0.1, -0.05) is 4.98 Å². The number of halogens is 1. The molecule has 2 rings (SSSR count). The quantitative estimate of drug-likeness (QED) is 0.434. The number of ether oxygens (including phenoxy) is 3. The zero-order valence-electron chi connectivity index (χ0n) is 13.1. The van der Waals surface area contributed by atoms with Crippen molar-refractivity contribution in [3.05, 3.63) is 22.5 Å². The maximum atomic E-state index is 13.5. The Morgan fingerprint density at radius 1 is 1.48 bits per heavy atom. The van der Waals surface area contributed by atoms with E-state index >= 15 is 0 Å². The molecule has 0 N–H and O–H groups in total. The maximum absolute atomic E-state index is 13.5. The Hall–Kier alpha value is -2.56. The number of esters is 2. The molecular weight excluding hydrogens is 317 g/mol. The average Bonchev–Trinajstić information content (AvgIpc) is 3.03. The van der Waals surface area contributed by atoms with Gasteiger partial charge in [0.1, 0.15) is 25.1 Å². The molecule has 10 nitrogen and oxygen atoms in total. The Balaban J connectivity index is 2.44. The molecule has 23 heavy (non-hydrogen) atoms. The monoisotopic (exact) mass is 332 g/mol. The number of imidazole rings is 1. The second-order valence-corrected chi connectivity index (χ2v) is 4.66. The number of hydrogen-bond acceptors (Lipinski definition) is 8. The topological polar surface area (TPSA) is 123 Å². The van der Waals surface area contributed by atoms with Crippen LogP contribution in [0.15, 0.2) is 12.4 Å². The molecule has 1 fully saturated rings. The van der Waals surface area contributed by atoms with Crippen molar-refractivity contribution in [2.75, 3.05) is 6.65 Å². The fourth-order valence-electron chi connectivity index (χ4n) is 2.28. The standard InChI is InChI=1S/C12H14FN3O7/c1-6(17)21-9-8(5-13)23-11(10(9)22-7(2)18)15-4-3-14-12(15)16(19)20/h3-4,8-11H,5H2,1-2H3/t8-,9-,10+,11+/m1/s1/i5D/t5?,8-,9-,10+,11+. The molecule has 2 heterocycles. The largest absolute Gasteiger partial charge is 0.455 e. The zero-order chi connectivity index (χ0) is 18.0. The average molecular weight is 332 g/mol. The maximum Gasteiger partial charge on any atom is 0.436 e. The smallest absolute Gasteiger partial charge is 0.436 e. The van der Waals surface area contributed by atoms with Gasteiger partial charge in [0.05, 0.1) is 1.37 Å². The normalized spacial score (nSPS) is 28.7. The van der Waals surface area contributed by atoms with E-state index in [2.05, 4.69) is 4.98 Å². The minimum Gasteiger partial charge on any atom is -0.455 e. The first-order chi connectivity index (χ1) is 11.2. The summed E-state index contributed by atoms with van der Waals surface area (Å²) in [5.41, 5.74) is 0. The summed E-state index contributed by atoms with van der Waals surface area (Å²) < 4.78 is 36.9. The van der Waals surface area contributed by atoms with Gasteiger partial charge in [-0.25, -0.2) is 4.39 Å². The fourth-order valence-corrected chi connectivity index (χ4v) is 2.28. The molecule has 1 aliphatic rings. The van der Waals surface area contributed by atoms with Crippen LogP contribution in [0.4, 0.5) is 10.3 Å². The van der Waals surface area contributed by atoms with Crippen molar-refractivity contribution in [3.8, 4) is 0 Å². The molecule has 0 amide bonds. The van der Waals surface area contributed by atoms with Gasteiger partial charge in [0.25, 0.3) is 0 Å². The van der Waals surface area contributed by atoms with Crippen molar-refractivity contribution in [1.82, 2.24) is 9.55 Å². The minimum atomic E-state index is -2.33. The van der Waals surface area contributed by atoms with Crippen LogP contribution in [-0.2, 0) is 23.8 Å². The molecule has 5 atom stereocenters. The van der Waals surface area contributed by atoms with Gasteiger partial charge in [0.2, 0.25) is 6.23 Å². The Bertz CT molecular complexity index is 652. The van der Waals surface area contributed by atoms with Crippen LogP contribution in [0.5, 0.6) is 0 Å². The first-order valence-corrected chi connectivity index (χ1v) is 6.45. The lowest BCUT2D eigenvalue weighted by Gasteiger charge is -2.22. The molecule has 1 saturated heterocycles. The van der Waals surface area contributed by atoms with Crippen molar-refractivity contribution in [1.29, 1.82) is 0 Å². The van der Waals surface area contributed by atoms with E-state index in [4.69, 9.17) is 15.6 Å². The first-order valence-electron chi connectivity index (χ1n) is 7.03. The second-order valence-electron chi connectivity index (χ2n) is 4.66. The summed E-state index contributed by atoms with van der Waals surface area (Å²) in [5, 5.41) is 11.0. The minimum absolute atomic E-state index is 0.639. The van der Waals surface area contributed by atoms with Crippen LogP contribution in [0.2, 0.25) is 0 Å². The van der Waals surface area contributed by atoms with Crippen molar-refractivity contribution in [2.45, 2.75) is 38.4 Å². The summed E-state index contributed by atoms with van der Waals surface area (Å²) in [4.78, 5) is 36.3. The van der Waals surface area contributed by atoms with Crippen molar-refractivity contribution >= 4 is 17.9 Å². The number of carbonyl (C=O) groups is 2. The summed E-state index contributed by atoms with van der Waals surface area (Å²) in [6.45, 7) is -0.225. The van der Waals surface area contributed by atoms with Gasteiger partial charge < -0.3 is 24.3 Å². The number of carbonyl (C=O) groups excluding carboxylic acids is 2. The molecule has 11 heteroatoms. The lowest BCUT2D eigenvalue weighted by atomic mass is 10.1.